The number of anilines is 1. The van der Waals surface area contributed by atoms with E-state index < -0.39 is 0 Å². The van der Waals surface area contributed by atoms with E-state index in [1.165, 1.54) is 17.3 Å². The molecule has 0 fully saturated rings. The largest absolute Gasteiger partial charge is 0.325 e. The second-order valence-electron chi connectivity index (χ2n) is 6.47. The van der Waals surface area contributed by atoms with E-state index in [1.807, 2.05) is 55.5 Å². The van der Waals surface area contributed by atoms with Gasteiger partial charge in [-0.15, -0.1) is 22.0 Å². The van der Waals surface area contributed by atoms with Gasteiger partial charge in [0, 0.05) is 23.0 Å². The van der Waals surface area contributed by atoms with Gasteiger partial charge in [0.25, 0.3) is 0 Å². The number of hydrogen-bond donors (Lipinski definition) is 1. The molecule has 0 atom stereocenters. The van der Waals surface area contributed by atoms with Gasteiger partial charge in [-0.3, -0.25) is 4.79 Å². The van der Waals surface area contributed by atoms with Gasteiger partial charge in [-0.05, 0) is 43.7 Å². The van der Waals surface area contributed by atoms with Crippen LogP contribution in [0.25, 0.3) is 0 Å². The maximum atomic E-state index is 12.2. The van der Waals surface area contributed by atoms with E-state index in [-0.39, 0.29) is 5.91 Å². The zero-order chi connectivity index (χ0) is 20.6. The Labute approximate surface area is 184 Å². The molecule has 0 saturated carbocycles. The molecular formula is C21H23ClN4OS2. The summed E-state index contributed by atoms with van der Waals surface area (Å²) in [5.74, 6) is 2.81. The second kappa shape index (κ2) is 10.7. The topological polar surface area (TPSA) is 59.8 Å². The molecule has 3 rings (SSSR count). The van der Waals surface area contributed by atoms with E-state index >= 15 is 0 Å². The van der Waals surface area contributed by atoms with Gasteiger partial charge in [0.15, 0.2) is 5.16 Å². The Bertz CT molecular complexity index is 942. The van der Waals surface area contributed by atoms with Gasteiger partial charge >= 0.3 is 0 Å². The van der Waals surface area contributed by atoms with Gasteiger partial charge in [0.05, 0.1) is 11.5 Å². The number of thioether (sulfide) groups is 2. The van der Waals surface area contributed by atoms with Crippen molar-refractivity contribution in [3.05, 3.63) is 70.5 Å². The summed E-state index contributed by atoms with van der Waals surface area (Å²) in [6.07, 6.45) is 0. The summed E-state index contributed by atoms with van der Waals surface area (Å²) in [5.41, 5.74) is 3.19. The van der Waals surface area contributed by atoms with Crippen molar-refractivity contribution >= 4 is 46.7 Å². The molecule has 0 spiro atoms. The van der Waals surface area contributed by atoms with Crippen molar-refractivity contribution in [1.82, 2.24) is 14.8 Å². The standard InChI is InChI=1S/C21H23ClN4OS2/c1-3-26-19(13-28-12-16-6-8-17(22)9-7-16)24-25-21(26)29-14-20(27)23-18-10-4-15(2)5-11-18/h4-11H,3,12-14H2,1-2H3,(H,23,27). The van der Waals surface area contributed by atoms with Gasteiger partial charge in [0.1, 0.15) is 5.82 Å². The summed E-state index contributed by atoms with van der Waals surface area (Å²) >= 11 is 9.12. The molecule has 1 heterocycles. The quantitative estimate of drug-likeness (QED) is 0.444. The van der Waals surface area contributed by atoms with E-state index in [9.17, 15) is 4.79 Å². The molecule has 5 nitrogen and oxygen atoms in total. The summed E-state index contributed by atoms with van der Waals surface area (Å²) < 4.78 is 2.07. The fraction of sp³-hybridized carbons (Fsp3) is 0.286. The average Bonchev–Trinajstić information content (AvgIpc) is 3.11. The minimum Gasteiger partial charge on any atom is -0.325 e. The first-order valence-corrected chi connectivity index (χ1v) is 11.8. The van der Waals surface area contributed by atoms with Gasteiger partial charge in [-0.2, -0.15) is 0 Å². The minimum absolute atomic E-state index is 0.0526. The molecule has 29 heavy (non-hydrogen) atoms. The second-order valence-corrected chi connectivity index (χ2v) is 8.83. The zero-order valence-corrected chi connectivity index (χ0v) is 18.8. The minimum atomic E-state index is -0.0526. The molecule has 0 aliphatic carbocycles. The van der Waals surface area contributed by atoms with Crippen molar-refractivity contribution < 1.29 is 4.79 Å². The van der Waals surface area contributed by atoms with Crippen molar-refractivity contribution in [3.63, 3.8) is 0 Å². The van der Waals surface area contributed by atoms with Gasteiger partial charge in [-0.25, -0.2) is 0 Å². The van der Waals surface area contributed by atoms with Crippen molar-refractivity contribution in [1.29, 1.82) is 0 Å². The fourth-order valence-corrected chi connectivity index (χ4v) is 4.53. The maximum absolute atomic E-state index is 12.2. The van der Waals surface area contributed by atoms with E-state index in [2.05, 4.69) is 27.0 Å². The normalized spacial score (nSPS) is 10.9. The molecule has 0 radical (unpaired) electrons. The number of hydrogen-bond acceptors (Lipinski definition) is 5. The van der Waals surface area contributed by atoms with E-state index in [0.29, 0.717) is 5.75 Å². The lowest BCUT2D eigenvalue weighted by atomic mass is 10.2. The van der Waals surface area contributed by atoms with Gasteiger partial charge < -0.3 is 9.88 Å². The molecule has 0 aliphatic rings. The molecule has 3 aromatic rings. The Morgan fingerprint density at radius 3 is 2.48 bits per heavy atom. The number of carbonyl (C=O) groups excluding carboxylic acids is 1. The summed E-state index contributed by atoms with van der Waals surface area (Å²) in [7, 11) is 0. The highest BCUT2D eigenvalue weighted by Gasteiger charge is 2.13. The molecule has 1 amide bonds. The molecule has 0 saturated heterocycles. The number of benzene rings is 2. The molecule has 0 aliphatic heterocycles. The number of aryl methyl sites for hydroxylation is 1. The van der Waals surface area contributed by atoms with Crippen LogP contribution in [0.1, 0.15) is 23.9 Å². The van der Waals surface area contributed by atoms with Crippen molar-refractivity contribution in [2.75, 3.05) is 11.1 Å². The van der Waals surface area contributed by atoms with Crippen molar-refractivity contribution in [3.8, 4) is 0 Å². The number of rotatable bonds is 9. The Hall–Kier alpha value is -1.96. The number of nitrogens with one attached hydrogen (secondary N) is 1. The van der Waals surface area contributed by atoms with Crippen LogP contribution < -0.4 is 5.32 Å². The Kier molecular flexibility index (Phi) is 8.03. The highest BCUT2D eigenvalue weighted by molar-refractivity contribution is 7.99. The first-order valence-electron chi connectivity index (χ1n) is 9.28. The van der Waals surface area contributed by atoms with E-state index in [4.69, 9.17) is 11.6 Å². The van der Waals surface area contributed by atoms with Crippen LogP contribution in [0.4, 0.5) is 5.69 Å². The van der Waals surface area contributed by atoms with E-state index in [1.54, 1.807) is 11.8 Å². The lowest BCUT2D eigenvalue weighted by molar-refractivity contribution is -0.113. The van der Waals surface area contributed by atoms with Gasteiger partial charge in [0.2, 0.25) is 5.91 Å². The molecule has 0 bridgehead atoms. The molecule has 8 heteroatoms. The highest BCUT2D eigenvalue weighted by Crippen LogP contribution is 2.22. The third kappa shape index (κ3) is 6.52. The number of aromatic nitrogens is 3. The molecule has 1 N–H and O–H groups in total. The van der Waals surface area contributed by atoms with Crippen LogP contribution in [0.3, 0.4) is 0 Å². The lowest BCUT2D eigenvalue weighted by Crippen LogP contribution is -2.14. The molecular weight excluding hydrogens is 424 g/mol. The van der Waals surface area contributed by atoms with Crippen LogP contribution >= 0.6 is 35.1 Å². The highest BCUT2D eigenvalue weighted by atomic mass is 35.5. The molecule has 152 valence electrons. The van der Waals surface area contributed by atoms with Crippen molar-refractivity contribution in [2.24, 2.45) is 0 Å². The first kappa shape index (κ1) is 21.7. The predicted octanol–water partition coefficient (Wildman–Crippen LogP) is 5.42. The monoisotopic (exact) mass is 446 g/mol. The SMILES string of the molecule is CCn1c(CSCc2ccc(Cl)cc2)nnc1SCC(=O)Nc1ccc(C)cc1. The number of amides is 1. The lowest BCUT2D eigenvalue weighted by Gasteiger charge is -2.08. The molecule has 2 aromatic carbocycles. The molecule has 0 unspecified atom stereocenters. The average molecular weight is 447 g/mol. The van der Waals surface area contributed by atoms with Gasteiger partial charge in [-0.1, -0.05) is 53.2 Å². The van der Waals surface area contributed by atoms with Crippen molar-refractivity contribution in [2.45, 2.75) is 37.1 Å². The first-order chi connectivity index (χ1) is 14.0. The summed E-state index contributed by atoms with van der Waals surface area (Å²) in [4.78, 5) is 12.2. The predicted molar refractivity (Wildman–Crippen MR) is 123 cm³/mol. The molecule has 1 aromatic heterocycles. The van der Waals surface area contributed by atoms with Crippen LogP contribution in [0, 0.1) is 6.92 Å². The van der Waals surface area contributed by atoms with Crippen LogP contribution in [0.2, 0.25) is 5.02 Å². The summed E-state index contributed by atoms with van der Waals surface area (Å²) in [6.45, 7) is 4.85. The van der Waals surface area contributed by atoms with Crippen LogP contribution in [-0.4, -0.2) is 26.4 Å². The Morgan fingerprint density at radius 1 is 1.07 bits per heavy atom. The Balaban J connectivity index is 1.51. The van der Waals surface area contributed by atoms with Crippen LogP contribution in [-0.2, 0) is 22.8 Å². The van der Waals surface area contributed by atoms with E-state index in [0.717, 1.165) is 45.3 Å². The third-order valence-corrected chi connectivity index (χ3v) is 6.41. The zero-order valence-electron chi connectivity index (χ0n) is 16.4. The Morgan fingerprint density at radius 2 is 1.79 bits per heavy atom. The number of nitrogens with zero attached hydrogens (tertiary/aromatic N) is 3. The smallest absolute Gasteiger partial charge is 0.234 e. The fourth-order valence-electron chi connectivity index (χ4n) is 2.66. The summed E-state index contributed by atoms with van der Waals surface area (Å²) in [6, 6.07) is 15.6. The number of halogens is 1. The van der Waals surface area contributed by atoms with Crippen LogP contribution in [0.15, 0.2) is 53.7 Å². The summed E-state index contributed by atoms with van der Waals surface area (Å²) in [5, 5.41) is 13.0. The van der Waals surface area contributed by atoms with Crippen LogP contribution in [0.5, 0.6) is 0 Å². The third-order valence-electron chi connectivity index (χ3n) is 4.19. The number of carbonyl (C=O) groups is 1. The maximum Gasteiger partial charge on any atom is 0.234 e.